The van der Waals surface area contributed by atoms with Crippen molar-refractivity contribution in [3.8, 4) is 22.5 Å². The number of carbonyl (C=O) groups excluding carboxylic acids is 1. The Balaban J connectivity index is 1.16. The van der Waals surface area contributed by atoms with Gasteiger partial charge in [0.15, 0.2) is 5.82 Å². The second-order valence-corrected chi connectivity index (χ2v) is 10.6. The molecule has 1 aromatic heterocycles. The Morgan fingerprint density at radius 2 is 1.86 bits per heavy atom. The number of aromatic amines is 1. The Kier molecular flexibility index (Phi) is 6.56. The first kappa shape index (κ1) is 24.3. The minimum Gasteiger partial charge on any atom is -0.379 e. The summed E-state index contributed by atoms with van der Waals surface area (Å²) in [6.45, 7) is 9.30. The predicted molar refractivity (Wildman–Crippen MR) is 143 cm³/mol. The number of amides is 1. The fourth-order valence-corrected chi connectivity index (χ4v) is 6.06. The highest BCUT2D eigenvalue weighted by Crippen LogP contribution is 2.49. The minimum atomic E-state index is -0.439. The topological polar surface area (TPSA) is 92.4 Å². The molecule has 1 saturated heterocycles. The number of benzene rings is 2. The van der Waals surface area contributed by atoms with Crippen LogP contribution in [0.2, 0.25) is 0 Å². The number of rotatable bonds is 6. The lowest BCUT2D eigenvalue weighted by Crippen LogP contribution is -2.41. The number of hydrogen-bond acceptors (Lipinski definition) is 6. The molecular formula is C29H35N5O3. The standard InChI is InChI=1S/C29H35N5O3/c1-19-3-4-22(27-30-20(2)32-33-27)17-24(19)21-5-6-25-26(18-21)31-28(35)29(25)9-7-23(8-10-29)37-16-13-34-11-14-36-15-12-34/h3-6,17-18,23H,7-16H2,1-2H3,(H,31,35)(H,30,32,33). The van der Waals surface area contributed by atoms with Gasteiger partial charge in [-0.1, -0.05) is 24.3 Å². The Morgan fingerprint density at radius 1 is 1.08 bits per heavy atom. The fourth-order valence-electron chi connectivity index (χ4n) is 6.06. The highest BCUT2D eigenvalue weighted by Gasteiger charge is 2.48. The molecule has 0 unspecified atom stereocenters. The minimum absolute atomic E-state index is 0.132. The van der Waals surface area contributed by atoms with E-state index in [0.717, 1.165) is 98.9 Å². The van der Waals surface area contributed by atoms with E-state index < -0.39 is 5.41 Å². The van der Waals surface area contributed by atoms with Gasteiger partial charge in [-0.2, -0.15) is 5.10 Å². The number of fused-ring (bicyclic) bond motifs is 2. The van der Waals surface area contributed by atoms with Gasteiger partial charge < -0.3 is 14.8 Å². The average Bonchev–Trinajstić information content (AvgIpc) is 3.46. The van der Waals surface area contributed by atoms with Crippen molar-refractivity contribution in [2.24, 2.45) is 0 Å². The van der Waals surface area contributed by atoms with Crippen molar-refractivity contribution in [3.05, 3.63) is 53.3 Å². The van der Waals surface area contributed by atoms with Gasteiger partial charge in [-0.25, -0.2) is 4.98 Å². The molecule has 3 heterocycles. The first-order valence-electron chi connectivity index (χ1n) is 13.4. The van der Waals surface area contributed by atoms with Crippen LogP contribution in [0, 0.1) is 13.8 Å². The maximum atomic E-state index is 13.3. The summed E-state index contributed by atoms with van der Waals surface area (Å²) in [4.78, 5) is 20.2. The van der Waals surface area contributed by atoms with Crippen LogP contribution in [0.25, 0.3) is 22.5 Å². The number of aromatic nitrogens is 3. The number of anilines is 1. The average molecular weight is 502 g/mol. The summed E-state index contributed by atoms with van der Waals surface area (Å²) in [5, 5.41) is 10.4. The van der Waals surface area contributed by atoms with Crippen molar-refractivity contribution in [2.75, 3.05) is 44.8 Å². The molecule has 3 aliphatic rings. The second-order valence-electron chi connectivity index (χ2n) is 10.6. The van der Waals surface area contributed by atoms with E-state index in [9.17, 15) is 4.79 Å². The summed E-state index contributed by atoms with van der Waals surface area (Å²) in [6, 6.07) is 12.7. The van der Waals surface area contributed by atoms with Gasteiger partial charge in [-0.3, -0.25) is 14.8 Å². The smallest absolute Gasteiger partial charge is 0.235 e. The molecule has 194 valence electrons. The number of nitrogens with one attached hydrogen (secondary N) is 2. The monoisotopic (exact) mass is 501 g/mol. The van der Waals surface area contributed by atoms with Crippen molar-refractivity contribution >= 4 is 11.6 Å². The summed E-state index contributed by atoms with van der Waals surface area (Å²) < 4.78 is 11.6. The molecule has 1 amide bonds. The van der Waals surface area contributed by atoms with Gasteiger partial charge >= 0.3 is 0 Å². The first-order valence-corrected chi connectivity index (χ1v) is 13.4. The van der Waals surface area contributed by atoms with E-state index >= 15 is 0 Å². The lowest BCUT2D eigenvalue weighted by atomic mass is 9.69. The molecule has 1 saturated carbocycles. The third kappa shape index (κ3) is 4.69. The number of hydrogen-bond donors (Lipinski definition) is 2. The zero-order valence-corrected chi connectivity index (χ0v) is 21.7. The zero-order valence-electron chi connectivity index (χ0n) is 21.7. The summed E-state index contributed by atoms with van der Waals surface area (Å²) in [6.07, 6.45) is 3.70. The molecule has 0 atom stereocenters. The Hall–Kier alpha value is -3.07. The van der Waals surface area contributed by atoms with Gasteiger partial charge in [-0.15, -0.1) is 0 Å². The van der Waals surface area contributed by atoms with Crippen LogP contribution in [0.15, 0.2) is 36.4 Å². The molecule has 8 heteroatoms. The molecule has 6 rings (SSSR count). The normalized spacial score (nSPS) is 23.8. The van der Waals surface area contributed by atoms with Crippen LogP contribution >= 0.6 is 0 Å². The maximum Gasteiger partial charge on any atom is 0.235 e. The summed E-state index contributed by atoms with van der Waals surface area (Å²) >= 11 is 0. The molecule has 0 radical (unpaired) electrons. The SMILES string of the molecule is Cc1nc(-c2ccc(C)c(-c3ccc4c(c3)NC(=O)C43CCC(OCCN4CCOCC4)CC3)c2)n[nH]1. The second kappa shape index (κ2) is 10.0. The molecule has 2 fully saturated rings. The molecule has 2 N–H and O–H groups in total. The van der Waals surface area contributed by atoms with Crippen molar-refractivity contribution in [2.45, 2.75) is 51.0 Å². The Bertz CT molecular complexity index is 1290. The number of H-pyrrole nitrogens is 1. The number of carbonyl (C=O) groups is 1. The van der Waals surface area contributed by atoms with Crippen molar-refractivity contribution < 1.29 is 14.3 Å². The van der Waals surface area contributed by atoms with Crippen LogP contribution in [0.1, 0.15) is 42.6 Å². The third-order valence-corrected chi connectivity index (χ3v) is 8.27. The molecule has 3 aromatic rings. The molecular weight excluding hydrogens is 466 g/mol. The number of morpholine rings is 1. The first-order chi connectivity index (χ1) is 18.0. The van der Waals surface area contributed by atoms with Gasteiger partial charge in [0.2, 0.25) is 5.91 Å². The van der Waals surface area contributed by atoms with Crippen LogP contribution in [-0.4, -0.2) is 71.5 Å². The Morgan fingerprint density at radius 3 is 2.62 bits per heavy atom. The van der Waals surface area contributed by atoms with E-state index in [1.54, 1.807) is 0 Å². The van der Waals surface area contributed by atoms with Gasteiger partial charge in [0, 0.05) is 30.9 Å². The van der Waals surface area contributed by atoms with Crippen LogP contribution < -0.4 is 5.32 Å². The lowest BCUT2D eigenvalue weighted by Gasteiger charge is -2.36. The van der Waals surface area contributed by atoms with Crippen molar-refractivity contribution in [1.82, 2.24) is 20.1 Å². The van der Waals surface area contributed by atoms with Gasteiger partial charge in [0.05, 0.1) is 31.3 Å². The van der Waals surface area contributed by atoms with Gasteiger partial charge in [0.1, 0.15) is 5.82 Å². The lowest BCUT2D eigenvalue weighted by molar-refractivity contribution is -0.123. The molecule has 0 bridgehead atoms. The molecule has 1 spiro atoms. The highest BCUT2D eigenvalue weighted by molar-refractivity contribution is 6.07. The molecule has 2 aromatic carbocycles. The van der Waals surface area contributed by atoms with Crippen LogP contribution in [0.4, 0.5) is 5.69 Å². The van der Waals surface area contributed by atoms with E-state index in [1.807, 2.05) is 13.0 Å². The summed E-state index contributed by atoms with van der Waals surface area (Å²) in [7, 11) is 0. The molecule has 2 aliphatic heterocycles. The van der Waals surface area contributed by atoms with Crippen LogP contribution in [0.3, 0.4) is 0 Å². The molecule has 37 heavy (non-hydrogen) atoms. The maximum absolute atomic E-state index is 13.3. The van der Waals surface area contributed by atoms with Gasteiger partial charge in [-0.05, 0) is 73.9 Å². The predicted octanol–water partition coefficient (Wildman–Crippen LogP) is 4.24. The highest BCUT2D eigenvalue weighted by atomic mass is 16.5. The van der Waals surface area contributed by atoms with Crippen LogP contribution in [0.5, 0.6) is 0 Å². The molecule has 1 aliphatic carbocycles. The third-order valence-electron chi connectivity index (χ3n) is 8.27. The van der Waals surface area contributed by atoms with Crippen molar-refractivity contribution in [3.63, 3.8) is 0 Å². The van der Waals surface area contributed by atoms with E-state index in [2.05, 4.69) is 62.7 Å². The fraction of sp³-hybridized carbons (Fsp3) is 0.483. The summed E-state index contributed by atoms with van der Waals surface area (Å²) in [5.41, 5.74) is 5.98. The largest absolute Gasteiger partial charge is 0.379 e. The van der Waals surface area contributed by atoms with E-state index in [4.69, 9.17) is 9.47 Å². The Labute approximate surface area is 217 Å². The summed E-state index contributed by atoms with van der Waals surface area (Å²) in [5.74, 6) is 1.61. The van der Waals surface area contributed by atoms with E-state index in [1.165, 1.54) is 5.56 Å². The zero-order chi connectivity index (χ0) is 25.4. The van der Waals surface area contributed by atoms with Crippen molar-refractivity contribution in [1.29, 1.82) is 0 Å². The number of aryl methyl sites for hydroxylation is 2. The van der Waals surface area contributed by atoms with E-state index in [0.29, 0.717) is 5.82 Å². The number of nitrogens with zero attached hydrogens (tertiary/aromatic N) is 3. The molecule has 8 nitrogen and oxygen atoms in total. The number of ether oxygens (including phenoxy) is 2. The van der Waals surface area contributed by atoms with Crippen LogP contribution in [-0.2, 0) is 19.7 Å². The quantitative estimate of drug-likeness (QED) is 0.525. The van der Waals surface area contributed by atoms with Gasteiger partial charge in [0.25, 0.3) is 0 Å². The van der Waals surface area contributed by atoms with E-state index in [-0.39, 0.29) is 12.0 Å².